The molecule has 0 spiro atoms. The van der Waals surface area contributed by atoms with Crippen LogP contribution in [-0.2, 0) is 0 Å². The Labute approximate surface area is 156 Å². The van der Waals surface area contributed by atoms with Gasteiger partial charge in [-0.25, -0.2) is 0 Å². The van der Waals surface area contributed by atoms with Gasteiger partial charge >= 0.3 is 5.69 Å². The highest BCUT2D eigenvalue weighted by Gasteiger charge is 2.31. The molecule has 0 unspecified atom stereocenters. The zero-order valence-electron chi connectivity index (χ0n) is 14.6. The number of aromatic nitrogens is 2. The highest BCUT2D eigenvalue weighted by Crippen LogP contribution is 2.36. The van der Waals surface area contributed by atoms with Gasteiger partial charge in [0.05, 0.1) is 4.92 Å². The molecule has 1 aromatic carbocycles. The summed E-state index contributed by atoms with van der Waals surface area (Å²) in [6, 6.07) is 7.05. The van der Waals surface area contributed by atoms with Crippen molar-refractivity contribution in [3.8, 4) is 0 Å². The molecule has 9 heteroatoms. The van der Waals surface area contributed by atoms with Crippen molar-refractivity contribution in [2.75, 3.05) is 29.0 Å². The number of nitrogens with zero attached hydrogens (tertiary/aromatic N) is 4. The van der Waals surface area contributed by atoms with Crippen LogP contribution >= 0.6 is 11.6 Å². The van der Waals surface area contributed by atoms with Crippen molar-refractivity contribution in [3.63, 3.8) is 0 Å². The highest BCUT2D eigenvalue weighted by atomic mass is 35.5. The van der Waals surface area contributed by atoms with Crippen molar-refractivity contribution < 1.29 is 4.92 Å². The number of hydrogen-bond acceptors (Lipinski definition) is 7. The van der Waals surface area contributed by atoms with E-state index in [-0.39, 0.29) is 23.3 Å². The highest BCUT2D eigenvalue weighted by molar-refractivity contribution is 6.30. The minimum absolute atomic E-state index is 0.157. The average molecular weight is 377 g/mol. The number of nitrogen functional groups attached to an aromatic ring is 1. The fourth-order valence-electron chi connectivity index (χ4n) is 3.44. The summed E-state index contributed by atoms with van der Waals surface area (Å²) in [5.74, 6) is 1.13. The van der Waals surface area contributed by atoms with E-state index >= 15 is 0 Å². The summed E-state index contributed by atoms with van der Waals surface area (Å²) in [5, 5.41) is 15.1. The van der Waals surface area contributed by atoms with Gasteiger partial charge < -0.3 is 16.0 Å². The smallest absolute Gasteiger partial charge is 0.353 e. The number of hydrogen-bond donors (Lipinski definition) is 2. The molecule has 0 amide bonds. The van der Waals surface area contributed by atoms with E-state index in [0.29, 0.717) is 35.6 Å². The third-order valence-corrected chi connectivity index (χ3v) is 4.56. The van der Waals surface area contributed by atoms with Crippen LogP contribution in [0.15, 0.2) is 24.3 Å². The summed E-state index contributed by atoms with van der Waals surface area (Å²) in [4.78, 5) is 21.4. The van der Waals surface area contributed by atoms with Gasteiger partial charge in [0.1, 0.15) is 0 Å². The standard InChI is InChI=1S/C17H21ClN6O2/c1-10-6-11(2)9-23(8-10)16-14(24(25)26)15(19)21-17(22-16)20-13-5-3-4-12(18)7-13/h3-5,7,10-11H,6,8-9H2,1-2H3,(H3,19,20,21,22)/t10-,11+. The van der Waals surface area contributed by atoms with Crippen LogP contribution < -0.4 is 16.0 Å². The monoisotopic (exact) mass is 376 g/mol. The van der Waals surface area contributed by atoms with Crippen LogP contribution in [0.3, 0.4) is 0 Å². The number of rotatable bonds is 4. The minimum Gasteiger partial charge on any atom is -0.378 e. The molecule has 138 valence electrons. The van der Waals surface area contributed by atoms with E-state index in [0.717, 1.165) is 6.42 Å². The second-order valence-electron chi connectivity index (χ2n) is 6.85. The zero-order chi connectivity index (χ0) is 18.8. The molecule has 2 atom stereocenters. The lowest BCUT2D eigenvalue weighted by Gasteiger charge is -2.35. The number of piperidine rings is 1. The third-order valence-electron chi connectivity index (χ3n) is 4.32. The number of nitrogens with one attached hydrogen (secondary N) is 1. The molecule has 1 aliphatic heterocycles. The van der Waals surface area contributed by atoms with Crippen LogP contribution in [0.4, 0.5) is 29.0 Å². The molecule has 1 aliphatic rings. The van der Waals surface area contributed by atoms with Gasteiger partial charge in [-0.2, -0.15) is 9.97 Å². The van der Waals surface area contributed by atoms with Crippen molar-refractivity contribution in [1.29, 1.82) is 0 Å². The van der Waals surface area contributed by atoms with Gasteiger partial charge in [0.25, 0.3) is 0 Å². The normalized spacial score (nSPS) is 20.0. The Bertz CT molecular complexity index is 821. The van der Waals surface area contributed by atoms with Crippen LogP contribution in [0, 0.1) is 22.0 Å². The molecule has 2 aromatic rings. The van der Waals surface area contributed by atoms with E-state index in [9.17, 15) is 10.1 Å². The number of benzene rings is 1. The first-order valence-electron chi connectivity index (χ1n) is 8.43. The molecule has 8 nitrogen and oxygen atoms in total. The predicted molar refractivity (Wildman–Crippen MR) is 103 cm³/mol. The number of nitrogens with two attached hydrogens (primary N) is 1. The number of halogens is 1. The van der Waals surface area contributed by atoms with Gasteiger partial charge in [-0.05, 0) is 36.5 Å². The van der Waals surface area contributed by atoms with E-state index < -0.39 is 4.92 Å². The van der Waals surface area contributed by atoms with Crippen molar-refractivity contribution in [1.82, 2.24) is 9.97 Å². The maximum absolute atomic E-state index is 11.5. The molecule has 3 rings (SSSR count). The molecule has 0 aliphatic carbocycles. The van der Waals surface area contributed by atoms with Gasteiger partial charge in [0.15, 0.2) is 0 Å². The molecule has 0 bridgehead atoms. The molecule has 0 saturated carbocycles. The Morgan fingerprint density at radius 1 is 1.31 bits per heavy atom. The zero-order valence-corrected chi connectivity index (χ0v) is 15.4. The summed E-state index contributed by atoms with van der Waals surface area (Å²) in [7, 11) is 0. The van der Waals surface area contributed by atoms with Gasteiger partial charge in [-0.3, -0.25) is 10.1 Å². The van der Waals surface area contributed by atoms with Crippen LogP contribution in [0.25, 0.3) is 0 Å². The fraction of sp³-hybridized carbons (Fsp3) is 0.412. The van der Waals surface area contributed by atoms with Crippen LogP contribution in [-0.4, -0.2) is 28.0 Å². The molecular weight excluding hydrogens is 356 g/mol. The quantitative estimate of drug-likeness (QED) is 0.615. The maximum Gasteiger partial charge on any atom is 0.353 e. The Kier molecular flexibility index (Phi) is 5.13. The van der Waals surface area contributed by atoms with E-state index in [1.54, 1.807) is 24.3 Å². The summed E-state index contributed by atoms with van der Waals surface area (Å²) in [5.41, 5.74) is 6.33. The lowest BCUT2D eigenvalue weighted by molar-refractivity contribution is -0.383. The first-order chi connectivity index (χ1) is 12.3. The van der Waals surface area contributed by atoms with Crippen molar-refractivity contribution in [3.05, 3.63) is 39.4 Å². The lowest BCUT2D eigenvalue weighted by Crippen LogP contribution is -2.39. The Balaban J connectivity index is 2.00. The van der Waals surface area contributed by atoms with Crippen LogP contribution in [0.1, 0.15) is 20.3 Å². The lowest BCUT2D eigenvalue weighted by atomic mass is 9.92. The maximum atomic E-state index is 11.5. The van der Waals surface area contributed by atoms with Crippen LogP contribution in [0.2, 0.25) is 5.02 Å². The van der Waals surface area contributed by atoms with Crippen LogP contribution in [0.5, 0.6) is 0 Å². The average Bonchev–Trinajstić information content (AvgIpc) is 2.53. The third kappa shape index (κ3) is 3.96. The van der Waals surface area contributed by atoms with E-state index in [1.165, 1.54) is 0 Å². The Morgan fingerprint density at radius 2 is 2.00 bits per heavy atom. The number of anilines is 4. The summed E-state index contributed by atoms with van der Waals surface area (Å²) in [6.07, 6.45) is 1.08. The van der Waals surface area contributed by atoms with Crippen molar-refractivity contribution >= 4 is 40.6 Å². The Morgan fingerprint density at radius 3 is 2.62 bits per heavy atom. The summed E-state index contributed by atoms with van der Waals surface area (Å²) >= 11 is 5.99. The predicted octanol–water partition coefficient (Wildman–Crippen LogP) is 3.85. The SMILES string of the molecule is C[C@@H]1C[C@H](C)CN(c2nc(Nc3cccc(Cl)c3)nc(N)c2[N+](=O)[O-])C1. The molecule has 1 saturated heterocycles. The molecular formula is C17H21ClN6O2. The molecule has 1 fully saturated rings. The fourth-order valence-corrected chi connectivity index (χ4v) is 3.63. The van der Waals surface area contributed by atoms with Gasteiger partial charge in [-0.15, -0.1) is 0 Å². The topological polar surface area (TPSA) is 110 Å². The van der Waals surface area contributed by atoms with Gasteiger partial charge in [0.2, 0.25) is 17.6 Å². The summed E-state index contributed by atoms with van der Waals surface area (Å²) in [6.45, 7) is 5.64. The van der Waals surface area contributed by atoms with Gasteiger partial charge in [-0.1, -0.05) is 31.5 Å². The van der Waals surface area contributed by atoms with E-state index in [2.05, 4.69) is 29.1 Å². The van der Waals surface area contributed by atoms with E-state index in [1.807, 2.05) is 4.90 Å². The second kappa shape index (κ2) is 7.33. The first-order valence-corrected chi connectivity index (χ1v) is 8.80. The molecule has 1 aromatic heterocycles. The molecule has 0 radical (unpaired) electrons. The van der Waals surface area contributed by atoms with Crippen molar-refractivity contribution in [2.45, 2.75) is 20.3 Å². The number of nitro groups is 1. The largest absolute Gasteiger partial charge is 0.378 e. The molecule has 2 heterocycles. The van der Waals surface area contributed by atoms with E-state index in [4.69, 9.17) is 17.3 Å². The molecule has 3 N–H and O–H groups in total. The van der Waals surface area contributed by atoms with Crippen molar-refractivity contribution in [2.24, 2.45) is 11.8 Å². The first kappa shape index (κ1) is 18.2. The van der Waals surface area contributed by atoms with Gasteiger partial charge in [0, 0.05) is 23.8 Å². The molecule has 26 heavy (non-hydrogen) atoms. The summed E-state index contributed by atoms with van der Waals surface area (Å²) < 4.78 is 0. The Hall–Kier alpha value is -2.61. The minimum atomic E-state index is -0.516. The second-order valence-corrected chi connectivity index (χ2v) is 7.28.